The lowest BCUT2D eigenvalue weighted by Gasteiger charge is -2.34. The molecule has 42 heavy (non-hydrogen) atoms. The van der Waals surface area contributed by atoms with Gasteiger partial charge in [0.25, 0.3) is 10.0 Å². The van der Waals surface area contributed by atoms with Crippen molar-refractivity contribution < 1.29 is 33.0 Å². The number of ether oxygens (including phenoxy) is 1. The van der Waals surface area contributed by atoms with Crippen LogP contribution in [-0.4, -0.2) is 88.7 Å². The summed E-state index contributed by atoms with van der Waals surface area (Å²) in [5.41, 5.74) is 1.94. The van der Waals surface area contributed by atoms with Crippen molar-refractivity contribution in [2.24, 2.45) is 13.0 Å². The van der Waals surface area contributed by atoms with E-state index < -0.39 is 22.0 Å². The molecule has 0 aliphatic carbocycles. The Balaban J connectivity index is 1.60. The molecular formula is C29H37N5O7S. The topological polar surface area (TPSA) is 154 Å². The first-order valence-corrected chi connectivity index (χ1v) is 15.1. The van der Waals surface area contributed by atoms with Gasteiger partial charge in [0.1, 0.15) is 11.9 Å². The molecule has 2 aromatic carbocycles. The first-order chi connectivity index (χ1) is 19.9. The van der Waals surface area contributed by atoms with E-state index in [0.29, 0.717) is 30.9 Å². The molecule has 0 fully saturated rings. The van der Waals surface area contributed by atoms with Crippen LogP contribution in [0.2, 0.25) is 0 Å². The van der Waals surface area contributed by atoms with Crippen molar-refractivity contribution in [3.8, 4) is 5.75 Å². The number of nitrogens with zero attached hydrogens (tertiary/aromatic N) is 4. The van der Waals surface area contributed by atoms with E-state index in [-0.39, 0.29) is 47.2 Å². The number of carbonyl (C=O) groups excluding carboxylic acids is 1. The van der Waals surface area contributed by atoms with E-state index >= 15 is 0 Å². The number of aromatic carboxylic acids is 1. The third-order valence-electron chi connectivity index (χ3n) is 7.27. The minimum absolute atomic E-state index is 0.0377. The molecule has 1 aromatic heterocycles. The molecular weight excluding hydrogens is 562 g/mol. The Labute approximate surface area is 245 Å². The number of aryl methyl sites for hydroxylation is 1. The summed E-state index contributed by atoms with van der Waals surface area (Å²) in [5.74, 6) is -0.831. The molecule has 0 saturated heterocycles. The fourth-order valence-electron chi connectivity index (χ4n) is 4.88. The van der Waals surface area contributed by atoms with E-state index in [1.807, 2.05) is 14.0 Å². The lowest BCUT2D eigenvalue weighted by Crippen LogP contribution is -2.47. The molecule has 2 heterocycles. The van der Waals surface area contributed by atoms with Gasteiger partial charge in [0.15, 0.2) is 5.03 Å². The number of nitrogens with one attached hydrogen (secondary N) is 1. The number of benzene rings is 2. The first kappa shape index (κ1) is 31.0. The van der Waals surface area contributed by atoms with Gasteiger partial charge < -0.3 is 24.4 Å². The number of rotatable bonds is 10. The van der Waals surface area contributed by atoms with Crippen LogP contribution in [0.3, 0.4) is 0 Å². The molecule has 3 atom stereocenters. The van der Waals surface area contributed by atoms with Gasteiger partial charge in [-0.25, -0.2) is 9.78 Å². The summed E-state index contributed by atoms with van der Waals surface area (Å²) in [5, 5.41) is 18.9. The molecule has 0 unspecified atom stereocenters. The van der Waals surface area contributed by atoms with Crippen molar-refractivity contribution in [1.29, 1.82) is 0 Å². The Morgan fingerprint density at radius 2 is 1.95 bits per heavy atom. The Kier molecular flexibility index (Phi) is 9.54. The number of carboxylic acids is 1. The smallest absolute Gasteiger partial charge is 0.335 e. The van der Waals surface area contributed by atoms with E-state index in [1.54, 1.807) is 61.3 Å². The largest absolute Gasteiger partial charge is 0.488 e. The van der Waals surface area contributed by atoms with Crippen molar-refractivity contribution in [3.63, 3.8) is 0 Å². The Hall–Kier alpha value is -3.94. The van der Waals surface area contributed by atoms with Crippen LogP contribution in [0.4, 0.5) is 5.69 Å². The maximum Gasteiger partial charge on any atom is 0.335 e. The average Bonchev–Trinajstić information content (AvgIpc) is 3.40. The van der Waals surface area contributed by atoms with E-state index in [0.717, 1.165) is 5.56 Å². The van der Waals surface area contributed by atoms with Gasteiger partial charge >= 0.3 is 5.97 Å². The summed E-state index contributed by atoms with van der Waals surface area (Å²) < 4.78 is 36.3. The molecule has 0 spiro atoms. The molecule has 0 radical (unpaired) electrons. The molecule has 4 rings (SSSR count). The predicted octanol–water partition coefficient (Wildman–Crippen LogP) is 2.20. The van der Waals surface area contributed by atoms with Crippen LogP contribution in [0.15, 0.2) is 60.0 Å². The number of aromatic nitrogens is 2. The number of fused-ring (bicyclic) bond motifs is 1. The highest BCUT2D eigenvalue weighted by atomic mass is 32.2. The second-order valence-corrected chi connectivity index (χ2v) is 12.5. The van der Waals surface area contributed by atoms with Gasteiger partial charge in [-0.1, -0.05) is 19.1 Å². The van der Waals surface area contributed by atoms with E-state index in [1.165, 1.54) is 17.1 Å². The summed E-state index contributed by atoms with van der Waals surface area (Å²) >= 11 is 0. The normalized spacial score (nSPS) is 18.4. The number of anilines is 1. The number of hydrogen-bond acceptors (Lipinski definition) is 8. The van der Waals surface area contributed by atoms with Crippen LogP contribution in [-0.2, 0) is 34.8 Å². The van der Waals surface area contributed by atoms with Gasteiger partial charge in [-0.2, -0.15) is 8.42 Å². The fraction of sp³-hybridized carbons (Fsp3) is 0.414. The molecule has 3 aromatic rings. The average molecular weight is 600 g/mol. The van der Waals surface area contributed by atoms with Gasteiger partial charge in [-0.15, -0.1) is 0 Å². The van der Waals surface area contributed by atoms with Gasteiger partial charge in [0.05, 0.1) is 31.0 Å². The lowest BCUT2D eigenvalue weighted by atomic mass is 10.0. The van der Waals surface area contributed by atoms with Crippen LogP contribution in [0.1, 0.15) is 35.3 Å². The number of aliphatic hydroxyl groups is 1. The minimum atomic E-state index is -3.95. The van der Waals surface area contributed by atoms with Crippen LogP contribution < -0.4 is 9.46 Å². The zero-order valence-corrected chi connectivity index (χ0v) is 24.9. The van der Waals surface area contributed by atoms with Crippen molar-refractivity contribution in [3.05, 3.63) is 71.7 Å². The van der Waals surface area contributed by atoms with Gasteiger partial charge in [0.2, 0.25) is 5.91 Å². The van der Waals surface area contributed by atoms with E-state index in [9.17, 15) is 28.2 Å². The second kappa shape index (κ2) is 12.9. The summed E-state index contributed by atoms with van der Waals surface area (Å²) in [6.45, 7) is 4.97. The number of likely N-dealkylation sites (N-methyl/N-ethyl adjacent to an activating group) is 1. The molecule has 226 valence electrons. The fourth-order valence-corrected chi connectivity index (χ4v) is 5.91. The van der Waals surface area contributed by atoms with Gasteiger partial charge in [-0.05, 0) is 49.9 Å². The third kappa shape index (κ3) is 7.46. The Morgan fingerprint density at radius 3 is 2.57 bits per heavy atom. The molecule has 0 bridgehead atoms. The standard InChI is InChI=1S/C29H37N5O7S/c1-19-13-34(20(2)17-35)28(36)12-23-11-24(31-42(39,40)27-16-33(4)18-30-27)9-10-25(23)41-26(19)15-32(3)14-21-5-7-22(8-6-21)29(37)38/h5-11,16,18-20,26,31,35H,12-15,17H2,1-4H3,(H,37,38)/t19-,20+,26+/m0/s1. The lowest BCUT2D eigenvalue weighted by molar-refractivity contribution is -0.134. The van der Waals surface area contributed by atoms with Crippen LogP contribution in [0, 0.1) is 5.92 Å². The minimum Gasteiger partial charge on any atom is -0.488 e. The number of carbonyl (C=O) groups is 2. The number of hydrogen-bond donors (Lipinski definition) is 3. The molecule has 12 nitrogen and oxygen atoms in total. The SMILES string of the molecule is C[C@H](CO)N1C[C@H](C)[C@@H](CN(C)Cc2ccc(C(=O)O)cc2)Oc2ccc(NS(=O)(=O)c3cn(C)cn3)cc2CC1=O. The van der Waals surface area contributed by atoms with Gasteiger partial charge in [0, 0.05) is 50.0 Å². The number of imidazole rings is 1. The number of carboxylic acid groups (broad SMARTS) is 1. The summed E-state index contributed by atoms with van der Waals surface area (Å²) in [6.07, 6.45) is 2.39. The number of aliphatic hydroxyl groups excluding tert-OH is 1. The molecule has 1 aliphatic rings. The summed E-state index contributed by atoms with van der Waals surface area (Å²) in [6, 6.07) is 11.1. The third-order valence-corrected chi connectivity index (χ3v) is 8.54. The van der Waals surface area contributed by atoms with Crippen molar-refractivity contribution >= 4 is 27.6 Å². The van der Waals surface area contributed by atoms with Crippen molar-refractivity contribution in [1.82, 2.24) is 19.4 Å². The molecule has 13 heteroatoms. The first-order valence-electron chi connectivity index (χ1n) is 13.6. The number of amides is 1. The maximum absolute atomic E-state index is 13.5. The summed E-state index contributed by atoms with van der Waals surface area (Å²) in [4.78, 5) is 32.3. The predicted molar refractivity (Wildman–Crippen MR) is 156 cm³/mol. The van der Waals surface area contributed by atoms with Crippen LogP contribution >= 0.6 is 0 Å². The highest BCUT2D eigenvalue weighted by molar-refractivity contribution is 7.92. The quantitative estimate of drug-likeness (QED) is 0.318. The molecule has 1 aliphatic heterocycles. The zero-order valence-electron chi connectivity index (χ0n) is 24.1. The number of sulfonamides is 1. The van der Waals surface area contributed by atoms with Crippen molar-refractivity contribution in [2.45, 2.75) is 44.0 Å². The van der Waals surface area contributed by atoms with E-state index in [2.05, 4.69) is 14.6 Å². The Bertz CT molecular complexity index is 1520. The Morgan fingerprint density at radius 1 is 1.24 bits per heavy atom. The maximum atomic E-state index is 13.5. The van der Waals surface area contributed by atoms with Crippen LogP contribution in [0.5, 0.6) is 5.75 Å². The molecule has 0 saturated carbocycles. The molecule has 3 N–H and O–H groups in total. The monoisotopic (exact) mass is 599 g/mol. The highest BCUT2D eigenvalue weighted by Crippen LogP contribution is 2.30. The zero-order chi connectivity index (χ0) is 30.6. The van der Waals surface area contributed by atoms with Crippen molar-refractivity contribution in [2.75, 3.05) is 31.5 Å². The second-order valence-electron chi connectivity index (χ2n) is 10.9. The van der Waals surface area contributed by atoms with Crippen LogP contribution in [0.25, 0.3) is 0 Å². The molecule has 1 amide bonds. The summed E-state index contributed by atoms with van der Waals surface area (Å²) in [7, 11) is -0.340. The van der Waals surface area contributed by atoms with E-state index in [4.69, 9.17) is 4.74 Å². The highest BCUT2D eigenvalue weighted by Gasteiger charge is 2.31. The van der Waals surface area contributed by atoms with Gasteiger partial charge in [-0.3, -0.25) is 14.4 Å².